The Morgan fingerprint density at radius 3 is 1.52 bits per heavy atom. The van der Waals surface area contributed by atoms with Crippen molar-refractivity contribution in [1.29, 1.82) is 0 Å². The maximum absolute atomic E-state index is 12.4. The molecule has 50 heavy (non-hydrogen) atoms. The molecular weight excluding hydrogens is 622 g/mol. The number of carbonyl (C=O) groups is 2. The van der Waals surface area contributed by atoms with Crippen LogP contribution in [-0.4, -0.2) is 47.4 Å². The molecule has 0 aromatic heterocycles. The van der Waals surface area contributed by atoms with Crippen LogP contribution >= 0.6 is 0 Å². The molecule has 2 unspecified atom stereocenters. The molecule has 0 aliphatic rings. The first kappa shape index (κ1) is 48.3. The van der Waals surface area contributed by atoms with Crippen LogP contribution in [0.25, 0.3) is 0 Å². The molecular formula is C44H83NO5. The van der Waals surface area contributed by atoms with Crippen LogP contribution in [0.2, 0.25) is 0 Å². The average molecular weight is 706 g/mol. The van der Waals surface area contributed by atoms with Crippen LogP contribution in [0.1, 0.15) is 219 Å². The fourth-order valence-electron chi connectivity index (χ4n) is 6.33. The maximum atomic E-state index is 12.4. The normalized spacial score (nSPS) is 13.0. The minimum absolute atomic E-state index is 0.0476. The van der Waals surface area contributed by atoms with Gasteiger partial charge in [-0.1, -0.05) is 167 Å². The van der Waals surface area contributed by atoms with Crippen molar-refractivity contribution in [3.05, 3.63) is 24.3 Å². The van der Waals surface area contributed by atoms with Crippen molar-refractivity contribution in [3.8, 4) is 0 Å². The van der Waals surface area contributed by atoms with Gasteiger partial charge < -0.3 is 20.3 Å². The van der Waals surface area contributed by atoms with Crippen molar-refractivity contribution in [1.82, 2.24) is 5.32 Å². The average Bonchev–Trinajstić information content (AvgIpc) is 3.11. The molecule has 294 valence electrons. The van der Waals surface area contributed by atoms with E-state index < -0.39 is 12.1 Å². The quantitative estimate of drug-likeness (QED) is 0.0336. The zero-order valence-electron chi connectivity index (χ0n) is 33.1. The topological polar surface area (TPSA) is 95.9 Å². The summed E-state index contributed by atoms with van der Waals surface area (Å²) in [6.07, 6.45) is 44.2. The fourth-order valence-corrected chi connectivity index (χ4v) is 6.33. The van der Waals surface area contributed by atoms with Gasteiger partial charge in [-0.15, -0.1) is 0 Å². The van der Waals surface area contributed by atoms with Crippen LogP contribution < -0.4 is 5.32 Å². The molecule has 0 fully saturated rings. The number of allylic oxidation sites excluding steroid dienone is 4. The molecule has 0 saturated heterocycles. The number of hydrogen-bond donors (Lipinski definition) is 3. The van der Waals surface area contributed by atoms with Crippen molar-refractivity contribution in [2.24, 2.45) is 0 Å². The Labute approximate surface area is 310 Å². The Hall–Kier alpha value is -1.66. The van der Waals surface area contributed by atoms with E-state index in [2.05, 4.69) is 43.5 Å². The predicted molar refractivity (Wildman–Crippen MR) is 213 cm³/mol. The predicted octanol–water partition coefficient (Wildman–Crippen LogP) is 12.0. The smallest absolute Gasteiger partial charge is 0.305 e. The number of aliphatic hydroxyl groups is 2. The van der Waals surface area contributed by atoms with Crippen molar-refractivity contribution < 1.29 is 24.5 Å². The molecule has 0 bridgehead atoms. The van der Waals surface area contributed by atoms with Crippen molar-refractivity contribution >= 4 is 11.9 Å². The minimum atomic E-state index is -0.693. The van der Waals surface area contributed by atoms with Gasteiger partial charge >= 0.3 is 5.97 Å². The Morgan fingerprint density at radius 1 is 0.540 bits per heavy atom. The Balaban J connectivity index is 3.58. The molecule has 3 N–H and O–H groups in total. The number of hydrogen-bond acceptors (Lipinski definition) is 5. The van der Waals surface area contributed by atoms with E-state index in [0.717, 1.165) is 70.6 Å². The SMILES string of the molecule is CCCC/C=C\CCCCCCCC(=O)OCCCCCC/C=C\CCCC(=O)NC(CO)C(O)CCCCCCCCCCCCCCC. The highest BCUT2D eigenvalue weighted by Crippen LogP contribution is 2.15. The van der Waals surface area contributed by atoms with Gasteiger partial charge in [0.25, 0.3) is 0 Å². The molecule has 0 aliphatic carbocycles. The Kier molecular flexibility index (Phi) is 38.8. The van der Waals surface area contributed by atoms with E-state index in [1.54, 1.807) is 0 Å². The van der Waals surface area contributed by atoms with Gasteiger partial charge in [-0.2, -0.15) is 0 Å². The fraction of sp³-hybridized carbons (Fsp3) is 0.864. The molecule has 1 amide bonds. The molecule has 0 saturated carbocycles. The van der Waals surface area contributed by atoms with Crippen LogP contribution in [0, 0.1) is 0 Å². The third-order valence-electron chi connectivity index (χ3n) is 9.72. The summed E-state index contributed by atoms with van der Waals surface area (Å²) in [7, 11) is 0. The van der Waals surface area contributed by atoms with E-state index in [-0.39, 0.29) is 18.5 Å². The largest absolute Gasteiger partial charge is 0.466 e. The van der Waals surface area contributed by atoms with Crippen molar-refractivity contribution in [2.45, 2.75) is 231 Å². The molecule has 0 rings (SSSR count). The van der Waals surface area contributed by atoms with Crippen LogP contribution in [0.3, 0.4) is 0 Å². The van der Waals surface area contributed by atoms with Gasteiger partial charge in [-0.3, -0.25) is 9.59 Å². The molecule has 6 heteroatoms. The van der Waals surface area contributed by atoms with Crippen molar-refractivity contribution in [2.75, 3.05) is 13.2 Å². The first-order valence-corrected chi connectivity index (χ1v) is 21.6. The van der Waals surface area contributed by atoms with Gasteiger partial charge in [0.2, 0.25) is 5.91 Å². The van der Waals surface area contributed by atoms with Gasteiger partial charge in [0.15, 0.2) is 0 Å². The highest BCUT2D eigenvalue weighted by Gasteiger charge is 2.19. The van der Waals surface area contributed by atoms with E-state index in [4.69, 9.17) is 4.74 Å². The number of aliphatic hydroxyl groups excluding tert-OH is 2. The zero-order valence-corrected chi connectivity index (χ0v) is 33.1. The molecule has 6 nitrogen and oxygen atoms in total. The molecule has 2 atom stereocenters. The van der Waals surface area contributed by atoms with Crippen LogP contribution in [0.5, 0.6) is 0 Å². The Bertz CT molecular complexity index is 782. The second-order valence-corrected chi connectivity index (χ2v) is 14.7. The van der Waals surface area contributed by atoms with E-state index >= 15 is 0 Å². The molecule has 0 aromatic carbocycles. The van der Waals surface area contributed by atoms with Crippen LogP contribution in [0.15, 0.2) is 24.3 Å². The highest BCUT2D eigenvalue weighted by atomic mass is 16.5. The summed E-state index contributed by atoms with van der Waals surface area (Å²) in [6, 6.07) is -0.577. The first-order valence-electron chi connectivity index (χ1n) is 21.6. The summed E-state index contributed by atoms with van der Waals surface area (Å²) in [5.41, 5.74) is 0. The van der Waals surface area contributed by atoms with Gasteiger partial charge in [0.05, 0.1) is 25.4 Å². The second kappa shape index (κ2) is 40.1. The van der Waals surface area contributed by atoms with E-state index in [1.807, 2.05) is 0 Å². The van der Waals surface area contributed by atoms with Gasteiger partial charge in [-0.25, -0.2) is 0 Å². The number of nitrogens with one attached hydrogen (secondary N) is 1. The summed E-state index contributed by atoms with van der Waals surface area (Å²) in [6.45, 7) is 4.80. The number of rotatable bonds is 39. The number of esters is 1. The van der Waals surface area contributed by atoms with E-state index in [1.165, 1.54) is 116 Å². The zero-order chi connectivity index (χ0) is 36.6. The van der Waals surface area contributed by atoms with E-state index in [9.17, 15) is 19.8 Å². The summed E-state index contributed by atoms with van der Waals surface area (Å²) < 4.78 is 5.40. The van der Waals surface area contributed by atoms with E-state index in [0.29, 0.717) is 25.9 Å². The summed E-state index contributed by atoms with van der Waals surface area (Å²) in [5, 5.41) is 23.0. The van der Waals surface area contributed by atoms with Crippen molar-refractivity contribution in [3.63, 3.8) is 0 Å². The maximum Gasteiger partial charge on any atom is 0.305 e. The standard InChI is InChI=1S/C44H83NO5/c1-3-5-7-9-11-13-15-16-18-20-24-28-32-36-42(47)41(40-46)45-43(48)37-33-29-25-21-19-23-27-31-35-39-50-44(49)38-34-30-26-22-17-14-12-10-8-6-4-2/h10,12,21,25,41-42,46-47H,3-9,11,13-20,22-24,26-40H2,1-2H3,(H,45,48)/b12-10-,25-21-. The molecule has 0 aromatic rings. The first-order chi connectivity index (χ1) is 24.5. The summed E-state index contributed by atoms with van der Waals surface area (Å²) in [5.74, 6) is -0.146. The number of carbonyl (C=O) groups excluding carboxylic acids is 2. The third-order valence-corrected chi connectivity index (χ3v) is 9.72. The lowest BCUT2D eigenvalue weighted by atomic mass is 10.0. The lowest BCUT2D eigenvalue weighted by Crippen LogP contribution is -2.45. The number of unbranched alkanes of at least 4 members (excludes halogenated alkanes) is 24. The van der Waals surface area contributed by atoms with Gasteiger partial charge in [0, 0.05) is 12.8 Å². The lowest BCUT2D eigenvalue weighted by Gasteiger charge is -2.22. The summed E-state index contributed by atoms with van der Waals surface area (Å²) >= 11 is 0. The third kappa shape index (κ3) is 36.1. The van der Waals surface area contributed by atoms with Crippen LogP contribution in [-0.2, 0) is 14.3 Å². The van der Waals surface area contributed by atoms with Gasteiger partial charge in [0.1, 0.15) is 0 Å². The minimum Gasteiger partial charge on any atom is -0.466 e. The molecule has 0 spiro atoms. The monoisotopic (exact) mass is 706 g/mol. The molecule has 0 heterocycles. The van der Waals surface area contributed by atoms with Gasteiger partial charge in [-0.05, 0) is 64.2 Å². The lowest BCUT2D eigenvalue weighted by molar-refractivity contribution is -0.143. The number of ether oxygens (including phenoxy) is 1. The highest BCUT2D eigenvalue weighted by molar-refractivity contribution is 5.76. The number of amides is 1. The molecule has 0 radical (unpaired) electrons. The van der Waals surface area contributed by atoms with Crippen LogP contribution in [0.4, 0.5) is 0 Å². The Morgan fingerprint density at radius 2 is 0.980 bits per heavy atom. The second-order valence-electron chi connectivity index (χ2n) is 14.7. The molecule has 0 aliphatic heterocycles. The summed E-state index contributed by atoms with van der Waals surface area (Å²) in [4.78, 5) is 24.3.